The van der Waals surface area contributed by atoms with Crippen molar-refractivity contribution in [3.05, 3.63) is 23.8 Å². The first-order valence-electron chi connectivity index (χ1n) is 4.43. The van der Waals surface area contributed by atoms with Crippen LogP contribution in [0.3, 0.4) is 0 Å². The lowest BCUT2D eigenvalue weighted by atomic mass is 10.1. The van der Waals surface area contributed by atoms with E-state index in [4.69, 9.17) is 35.1 Å². The first-order valence-corrected chi connectivity index (χ1v) is 4.43. The summed E-state index contributed by atoms with van der Waals surface area (Å²) in [5.41, 5.74) is 0.211. The summed E-state index contributed by atoms with van der Waals surface area (Å²) in [6.45, 7) is 0. The van der Waals surface area contributed by atoms with Gasteiger partial charge < -0.3 is 25.5 Å². The van der Waals surface area contributed by atoms with Gasteiger partial charge in [0.2, 0.25) is 0 Å². The van der Waals surface area contributed by atoms with Crippen LogP contribution in [-0.2, 0) is 20.8 Å². The maximum Gasteiger partial charge on any atom is 0.414 e. The molecule has 8 nitrogen and oxygen atoms in total. The van der Waals surface area contributed by atoms with Crippen LogP contribution in [0.5, 0.6) is 11.5 Å². The highest BCUT2D eigenvalue weighted by Gasteiger charge is 2.06. The lowest BCUT2D eigenvalue weighted by Crippen LogP contribution is -2.09. The van der Waals surface area contributed by atoms with E-state index < -0.39 is 17.9 Å². The molecule has 0 atom stereocenters. The van der Waals surface area contributed by atoms with Crippen molar-refractivity contribution in [1.29, 1.82) is 0 Å². The van der Waals surface area contributed by atoms with Crippen LogP contribution in [0.25, 0.3) is 0 Å². The van der Waals surface area contributed by atoms with E-state index in [0.29, 0.717) is 0 Å². The zero-order chi connectivity index (χ0) is 14.3. The van der Waals surface area contributed by atoms with E-state index in [1.54, 1.807) is 0 Å². The highest BCUT2D eigenvalue weighted by Crippen LogP contribution is 2.22. The summed E-state index contributed by atoms with van der Waals surface area (Å²) in [6, 6.07) is 3.78. The predicted molar refractivity (Wildman–Crippen MR) is 56.4 cm³/mol. The lowest BCUT2D eigenvalue weighted by Gasteiger charge is -2.00. The molecular weight excluding hydrogens is 248 g/mol. The Kier molecular flexibility index (Phi) is 5.70. The van der Waals surface area contributed by atoms with Crippen LogP contribution in [0, 0.1) is 0 Å². The number of carbonyl (C=O) groups is 3. The van der Waals surface area contributed by atoms with Gasteiger partial charge >= 0.3 is 17.9 Å². The van der Waals surface area contributed by atoms with Crippen LogP contribution >= 0.6 is 0 Å². The standard InChI is InChI=1S/C8H8O4.C2H2O4/c9-6-1-2-7(10)5(3-6)4-8(11)12;3-1(4)2(5)6/h1-3,9-10H,4H2,(H,11,12);(H,3,4)(H,5,6). The van der Waals surface area contributed by atoms with Crippen molar-refractivity contribution in [3.8, 4) is 11.5 Å². The Morgan fingerprint density at radius 3 is 1.83 bits per heavy atom. The second-order valence-corrected chi connectivity index (χ2v) is 2.99. The molecule has 0 heterocycles. The van der Waals surface area contributed by atoms with Gasteiger partial charge in [0.15, 0.2) is 0 Å². The van der Waals surface area contributed by atoms with Crippen LogP contribution in [0.15, 0.2) is 18.2 Å². The summed E-state index contributed by atoms with van der Waals surface area (Å²) < 4.78 is 0. The third-order valence-corrected chi connectivity index (χ3v) is 1.59. The van der Waals surface area contributed by atoms with Crippen LogP contribution in [0.4, 0.5) is 0 Å². The number of hydrogen-bond donors (Lipinski definition) is 5. The van der Waals surface area contributed by atoms with Gasteiger partial charge in [0.25, 0.3) is 0 Å². The van der Waals surface area contributed by atoms with Crippen molar-refractivity contribution in [3.63, 3.8) is 0 Å². The average molecular weight is 258 g/mol. The SMILES string of the molecule is O=C(O)C(=O)O.O=C(O)Cc1cc(O)ccc1O. The number of aliphatic carboxylic acids is 3. The fraction of sp³-hybridized carbons (Fsp3) is 0.100. The van der Waals surface area contributed by atoms with Crippen LogP contribution in [-0.4, -0.2) is 43.4 Å². The number of carboxylic acid groups (broad SMARTS) is 3. The molecule has 0 fully saturated rings. The highest BCUT2D eigenvalue weighted by atomic mass is 16.4. The number of benzene rings is 1. The zero-order valence-corrected chi connectivity index (χ0v) is 8.90. The smallest absolute Gasteiger partial charge is 0.414 e. The molecule has 0 aliphatic heterocycles. The molecule has 0 saturated carbocycles. The van der Waals surface area contributed by atoms with E-state index in [9.17, 15) is 4.79 Å². The van der Waals surface area contributed by atoms with Gasteiger partial charge in [-0.15, -0.1) is 0 Å². The first kappa shape index (κ1) is 15.2. The molecule has 0 spiro atoms. The topological polar surface area (TPSA) is 152 Å². The van der Waals surface area contributed by atoms with Crippen molar-refractivity contribution in [1.82, 2.24) is 0 Å². The maximum absolute atomic E-state index is 10.2. The van der Waals surface area contributed by atoms with E-state index in [1.807, 2.05) is 0 Å². The van der Waals surface area contributed by atoms with Crippen molar-refractivity contribution >= 4 is 17.9 Å². The van der Waals surface area contributed by atoms with Crippen molar-refractivity contribution in [2.75, 3.05) is 0 Å². The summed E-state index contributed by atoms with van der Waals surface area (Å²) in [7, 11) is 0. The fourth-order valence-corrected chi connectivity index (χ4v) is 0.876. The van der Waals surface area contributed by atoms with E-state index in [-0.39, 0.29) is 23.5 Å². The molecule has 0 aliphatic carbocycles. The molecule has 18 heavy (non-hydrogen) atoms. The van der Waals surface area contributed by atoms with Crippen molar-refractivity contribution in [2.24, 2.45) is 0 Å². The molecule has 5 N–H and O–H groups in total. The Morgan fingerprint density at radius 1 is 0.944 bits per heavy atom. The summed E-state index contributed by atoms with van der Waals surface area (Å²) in [6.07, 6.45) is -0.291. The van der Waals surface area contributed by atoms with Crippen molar-refractivity contribution < 1.29 is 39.9 Å². The van der Waals surface area contributed by atoms with E-state index >= 15 is 0 Å². The summed E-state index contributed by atoms with van der Waals surface area (Å²) >= 11 is 0. The molecule has 0 bridgehead atoms. The number of phenolic OH excluding ortho intramolecular Hbond substituents is 2. The second-order valence-electron chi connectivity index (χ2n) is 2.99. The Bertz CT molecular complexity index is 453. The molecule has 8 heteroatoms. The Balaban J connectivity index is 0.000000411. The van der Waals surface area contributed by atoms with E-state index in [0.717, 1.165) is 0 Å². The third kappa shape index (κ3) is 5.95. The van der Waals surface area contributed by atoms with Gasteiger partial charge in [0.1, 0.15) is 11.5 Å². The third-order valence-electron chi connectivity index (χ3n) is 1.59. The molecule has 0 aliphatic rings. The van der Waals surface area contributed by atoms with Gasteiger partial charge in [0, 0.05) is 5.56 Å². The second kappa shape index (κ2) is 6.74. The molecule has 0 unspecified atom stereocenters. The van der Waals surface area contributed by atoms with Gasteiger partial charge in [-0.05, 0) is 18.2 Å². The minimum Gasteiger partial charge on any atom is -0.508 e. The van der Waals surface area contributed by atoms with Crippen LogP contribution in [0.2, 0.25) is 0 Å². The van der Waals surface area contributed by atoms with Gasteiger partial charge in [-0.3, -0.25) is 4.79 Å². The maximum atomic E-state index is 10.2. The van der Waals surface area contributed by atoms with Crippen LogP contribution < -0.4 is 0 Å². The highest BCUT2D eigenvalue weighted by molar-refractivity contribution is 6.27. The molecule has 1 aromatic carbocycles. The lowest BCUT2D eigenvalue weighted by molar-refractivity contribution is -0.159. The fourth-order valence-electron chi connectivity index (χ4n) is 0.876. The Labute approximate surface area is 100 Å². The van der Waals surface area contributed by atoms with Gasteiger partial charge in [-0.2, -0.15) is 0 Å². The largest absolute Gasteiger partial charge is 0.508 e. The summed E-state index contributed by atoms with van der Waals surface area (Å²) in [5.74, 6) is -4.86. The Morgan fingerprint density at radius 2 is 1.44 bits per heavy atom. The summed E-state index contributed by atoms with van der Waals surface area (Å²) in [5, 5.41) is 41.2. The molecule has 0 aromatic heterocycles. The van der Waals surface area contributed by atoms with Crippen molar-refractivity contribution in [2.45, 2.75) is 6.42 Å². The molecule has 0 amide bonds. The van der Waals surface area contributed by atoms with E-state index in [1.165, 1.54) is 18.2 Å². The minimum absolute atomic E-state index is 0.0518. The van der Waals surface area contributed by atoms with E-state index in [2.05, 4.69) is 0 Å². The van der Waals surface area contributed by atoms with Gasteiger partial charge in [-0.25, -0.2) is 9.59 Å². The molecule has 0 saturated heterocycles. The summed E-state index contributed by atoms with van der Waals surface area (Å²) in [4.78, 5) is 28.4. The Hall–Kier alpha value is -2.77. The number of carboxylic acids is 3. The predicted octanol–water partition coefficient (Wildman–Crippen LogP) is -0.120. The number of rotatable bonds is 2. The number of aromatic hydroxyl groups is 2. The molecule has 1 rings (SSSR count). The normalized spacial score (nSPS) is 8.89. The zero-order valence-electron chi connectivity index (χ0n) is 8.90. The number of phenols is 2. The minimum atomic E-state index is -1.82. The monoisotopic (exact) mass is 258 g/mol. The molecule has 1 aromatic rings. The first-order chi connectivity index (χ1) is 8.23. The van der Waals surface area contributed by atoms with Gasteiger partial charge in [-0.1, -0.05) is 0 Å². The van der Waals surface area contributed by atoms with Crippen LogP contribution in [0.1, 0.15) is 5.56 Å². The molecule has 98 valence electrons. The van der Waals surface area contributed by atoms with Gasteiger partial charge in [0.05, 0.1) is 6.42 Å². The quantitative estimate of drug-likeness (QED) is 0.363. The average Bonchev–Trinajstić information content (AvgIpc) is 2.23. The molecule has 0 radical (unpaired) electrons. The number of hydrogen-bond acceptors (Lipinski definition) is 5. The molecular formula is C10H10O8.